The molecule has 0 bridgehead atoms. The van der Waals surface area contributed by atoms with Gasteiger partial charge in [0.05, 0.1) is 0 Å². The van der Waals surface area contributed by atoms with E-state index in [0.29, 0.717) is 6.29 Å². The maximum atomic E-state index is 10.4. The standard InChI is InChI=1S/C8H6O4.C2H6/c9-4-5-1-2-7(10)6(3-5)8(11)12;1-2/h1-4,10H,(H,11,12);1-2H3. The van der Waals surface area contributed by atoms with Gasteiger partial charge in [-0.05, 0) is 18.2 Å². The second-order valence-corrected chi connectivity index (χ2v) is 2.20. The number of carbonyl (C=O) groups excluding carboxylic acids is 1. The van der Waals surface area contributed by atoms with Crippen molar-refractivity contribution in [3.05, 3.63) is 29.3 Å². The Balaban J connectivity index is 0.000000791. The van der Waals surface area contributed by atoms with Gasteiger partial charge in [-0.1, -0.05) is 13.8 Å². The van der Waals surface area contributed by atoms with E-state index in [1.807, 2.05) is 13.8 Å². The maximum absolute atomic E-state index is 10.4. The molecule has 1 aromatic rings. The van der Waals surface area contributed by atoms with E-state index in [1.54, 1.807) is 0 Å². The lowest BCUT2D eigenvalue weighted by molar-refractivity contribution is 0.0693. The van der Waals surface area contributed by atoms with Crippen LogP contribution in [0.1, 0.15) is 34.6 Å². The first-order chi connectivity index (χ1) is 6.65. The highest BCUT2D eigenvalue weighted by Crippen LogP contribution is 2.17. The van der Waals surface area contributed by atoms with Gasteiger partial charge in [0.2, 0.25) is 0 Å². The fraction of sp³-hybridized carbons (Fsp3) is 0.200. The summed E-state index contributed by atoms with van der Waals surface area (Å²) < 4.78 is 0. The molecule has 0 atom stereocenters. The lowest BCUT2D eigenvalue weighted by Gasteiger charge is -1.98. The monoisotopic (exact) mass is 196 g/mol. The third-order valence-corrected chi connectivity index (χ3v) is 1.39. The van der Waals surface area contributed by atoms with E-state index in [0.717, 1.165) is 6.07 Å². The number of phenols is 1. The first-order valence-electron chi connectivity index (χ1n) is 4.16. The number of aromatic hydroxyl groups is 1. The van der Waals surface area contributed by atoms with Crippen LogP contribution in [0, 0.1) is 0 Å². The molecule has 0 aliphatic carbocycles. The Hall–Kier alpha value is -1.84. The van der Waals surface area contributed by atoms with E-state index < -0.39 is 5.97 Å². The summed E-state index contributed by atoms with van der Waals surface area (Å²) in [6, 6.07) is 3.63. The van der Waals surface area contributed by atoms with Crippen LogP contribution in [0.2, 0.25) is 0 Å². The molecule has 0 spiro atoms. The average Bonchev–Trinajstić information content (AvgIpc) is 2.21. The van der Waals surface area contributed by atoms with Crippen molar-refractivity contribution in [2.45, 2.75) is 13.8 Å². The fourth-order valence-electron chi connectivity index (χ4n) is 0.798. The number of aromatic carboxylic acids is 1. The molecule has 0 radical (unpaired) electrons. The highest BCUT2D eigenvalue weighted by Gasteiger charge is 2.09. The molecule has 0 aliphatic rings. The van der Waals surface area contributed by atoms with Gasteiger partial charge in [0.15, 0.2) is 0 Å². The van der Waals surface area contributed by atoms with Crippen molar-refractivity contribution in [2.75, 3.05) is 0 Å². The highest BCUT2D eigenvalue weighted by atomic mass is 16.4. The minimum Gasteiger partial charge on any atom is -0.507 e. The molecule has 0 aromatic heterocycles. The number of hydrogen-bond donors (Lipinski definition) is 2. The van der Waals surface area contributed by atoms with Crippen LogP contribution < -0.4 is 0 Å². The van der Waals surface area contributed by atoms with Gasteiger partial charge in [-0.25, -0.2) is 4.79 Å². The van der Waals surface area contributed by atoms with Gasteiger partial charge < -0.3 is 10.2 Å². The van der Waals surface area contributed by atoms with Crippen molar-refractivity contribution in [2.24, 2.45) is 0 Å². The second-order valence-electron chi connectivity index (χ2n) is 2.20. The molecule has 1 aromatic carbocycles. The van der Waals surface area contributed by atoms with Crippen LogP contribution in [0.25, 0.3) is 0 Å². The summed E-state index contributed by atoms with van der Waals surface area (Å²) in [6.07, 6.45) is 0.520. The van der Waals surface area contributed by atoms with E-state index in [-0.39, 0.29) is 16.9 Å². The van der Waals surface area contributed by atoms with Gasteiger partial charge in [-0.3, -0.25) is 4.79 Å². The molecule has 0 amide bonds. The fourth-order valence-corrected chi connectivity index (χ4v) is 0.798. The average molecular weight is 196 g/mol. The van der Waals surface area contributed by atoms with E-state index in [1.165, 1.54) is 12.1 Å². The van der Waals surface area contributed by atoms with E-state index >= 15 is 0 Å². The lowest BCUT2D eigenvalue weighted by atomic mass is 10.1. The molecule has 76 valence electrons. The van der Waals surface area contributed by atoms with E-state index in [4.69, 9.17) is 10.2 Å². The van der Waals surface area contributed by atoms with Crippen molar-refractivity contribution in [3.8, 4) is 5.75 Å². The molecule has 1 rings (SSSR count). The molecule has 0 heterocycles. The summed E-state index contributed by atoms with van der Waals surface area (Å²) >= 11 is 0. The van der Waals surface area contributed by atoms with Crippen molar-refractivity contribution >= 4 is 12.3 Å². The van der Waals surface area contributed by atoms with Gasteiger partial charge in [-0.2, -0.15) is 0 Å². The topological polar surface area (TPSA) is 74.6 Å². The zero-order chi connectivity index (χ0) is 11.1. The van der Waals surface area contributed by atoms with Crippen LogP contribution in [-0.4, -0.2) is 22.5 Å². The number of rotatable bonds is 2. The lowest BCUT2D eigenvalue weighted by Crippen LogP contribution is -1.97. The second kappa shape index (κ2) is 5.75. The predicted molar refractivity (Wildman–Crippen MR) is 51.8 cm³/mol. The zero-order valence-corrected chi connectivity index (χ0v) is 8.02. The summed E-state index contributed by atoms with van der Waals surface area (Å²) in [6.45, 7) is 4.00. The van der Waals surface area contributed by atoms with Gasteiger partial charge in [0.25, 0.3) is 0 Å². The summed E-state index contributed by atoms with van der Waals surface area (Å²) in [5.41, 5.74) is -0.0372. The minimum absolute atomic E-state index is 0.227. The van der Waals surface area contributed by atoms with Crippen LogP contribution in [0.15, 0.2) is 18.2 Å². The Morgan fingerprint density at radius 2 is 1.93 bits per heavy atom. The molecule has 14 heavy (non-hydrogen) atoms. The maximum Gasteiger partial charge on any atom is 0.339 e. The van der Waals surface area contributed by atoms with Crippen molar-refractivity contribution in [3.63, 3.8) is 0 Å². The number of carbonyl (C=O) groups is 2. The molecule has 0 fully saturated rings. The molecule has 0 aliphatic heterocycles. The molecule has 4 nitrogen and oxygen atoms in total. The van der Waals surface area contributed by atoms with E-state index in [9.17, 15) is 9.59 Å². The smallest absolute Gasteiger partial charge is 0.339 e. The van der Waals surface area contributed by atoms with Gasteiger partial charge in [0.1, 0.15) is 17.6 Å². The Labute approximate surface area is 81.8 Å². The first kappa shape index (κ1) is 12.2. The van der Waals surface area contributed by atoms with Crippen LogP contribution in [-0.2, 0) is 0 Å². The van der Waals surface area contributed by atoms with Crippen LogP contribution in [0.5, 0.6) is 5.75 Å². The number of hydrogen-bond acceptors (Lipinski definition) is 3. The Kier molecular flexibility index (Phi) is 4.99. The number of carboxylic acid groups (broad SMARTS) is 1. The van der Waals surface area contributed by atoms with Crippen LogP contribution >= 0.6 is 0 Å². The number of benzene rings is 1. The molecule has 0 saturated heterocycles. The summed E-state index contributed by atoms with van der Waals surface area (Å²) in [5, 5.41) is 17.5. The Morgan fingerprint density at radius 1 is 1.36 bits per heavy atom. The molecule has 2 N–H and O–H groups in total. The van der Waals surface area contributed by atoms with Crippen LogP contribution in [0.4, 0.5) is 0 Å². The summed E-state index contributed by atoms with van der Waals surface area (Å²) in [7, 11) is 0. The Morgan fingerprint density at radius 3 is 2.36 bits per heavy atom. The first-order valence-corrected chi connectivity index (χ1v) is 4.16. The number of aldehydes is 1. The minimum atomic E-state index is -1.25. The van der Waals surface area contributed by atoms with Gasteiger partial charge in [0, 0.05) is 5.56 Å². The quantitative estimate of drug-likeness (QED) is 0.708. The van der Waals surface area contributed by atoms with E-state index in [2.05, 4.69) is 0 Å². The zero-order valence-electron chi connectivity index (χ0n) is 8.02. The van der Waals surface area contributed by atoms with Crippen molar-refractivity contribution in [1.82, 2.24) is 0 Å². The van der Waals surface area contributed by atoms with Crippen molar-refractivity contribution < 1.29 is 19.8 Å². The molecule has 0 saturated carbocycles. The SMILES string of the molecule is CC.O=Cc1ccc(O)c(C(=O)O)c1. The third kappa shape index (κ3) is 2.90. The van der Waals surface area contributed by atoms with Crippen molar-refractivity contribution in [1.29, 1.82) is 0 Å². The van der Waals surface area contributed by atoms with Crippen LogP contribution in [0.3, 0.4) is 0 Å². The van der Waals surface area contributed by atoms with Gasteiger partial charge in [-0.15, -0.1) is 0 Å². The molecule has 4 heteroatoms. The third-order valence-electron chi connectivity index (χ3n) is 1.39. The molecular weight excluding hydrogens is 184 g/mol. The highest BCUT2D eigenvalue weighted by molar-refractivity contribution is 5.93. The number of carboxylic acids is 1. The molecular formula is C10H12O4. The predicted octanol–water partition coefficient (Wildman–Crippen LogP) is 1.93. The Bertz CT molecular complexity index is 331. The summed E-state index contributed by atoms with van der Waals surface area (Å²) in [4.78, 5) is 20.6. The largest absolute Gasteiger partial charge is 0.507 e. The normalized spacial score (nSPS) is 8.43. The summed E-state index contributed by atoms with van der Waals surface area (Å²) in [5.74, 6) is -1.59. The molecule has 0 unspecified atom stereocenters. The van der Waals surface area contributed by atoms with Gasteiger partial charge >= 0.3 is 5.97 Å².